The molecule has 2 nitrogen and oxygen atoms in total. The zero-order valence-electron chi connectivity index (χ0n) is 9.63. The van der Waals surface area contributed by atoms with Crippen molar-refractivity contribution in [2.24, 2.45) is 0 Å². The predicted molar refractivity (Wildman–Crippen MR) is 63.5 cm³/mol. The van der Waals surface area contributed by atoms with Crippen LogP contribution < -0.4 is 0 Å². The third-order valence-electron chi connectivity index (χ3n) is 2.26. The molecule has 0 aliphatic heterocycles. The lowest BCUT2D eigenvalue weighted by molar-refractivity contribution is -0.150. The van der Waals surface area contributed by atoms with Crippen LogP contribution in [0.25, 0.3) is 0 Å². The van der Waals surface area contributed by atoms with E-state index < -0.39 is 12.7 Å². The molecular weight excluding hydrogens is 297 g/mol. The smallest absolute Gasteiger partial charge is 0.288 e. The second kappa shape index (κ2) is 5.82. The van der Waals surface area contributed by atoms with Crippen molar-refractivity contribution in [2.75, 3.05) is 6.54 Å². The van der Waals surface area contributed by atoms with E-state index >= 15 is 0 Å². The minimum absolute atomic E-state index is 0.171. The number of alkyl halides is 3. The van der Waals surface area contributed by atoms with Gasteiger partial charge in [-0.25, -0.2) is 0 Å². The molecule has 0 aliphatic carbocycles. The normalized spacial score (nSPS) is 12.5. The van der Waals surface area contributed by atoms with Crippen molar-refractivity contribution < 1.29 is 13.2 Å². The quantitative estimate of drug-likeness (QED) is 0.844. The van der Waals surface area contributed by atoms with Crippen LogP contribution in [0.3, 0.4) is 0 Å². The summed E-state index contributed by atoms with van der Waals surface area (Å²) in [5, 5.41) is 0. The molecule has 0 saturated heterocycles. The summed E-state index contributed by atoms with van der Waals surface area (Å²) in [6, 6.07) is 1.61. The molecule has 0 radical (unpaired) electrons. The van der Waals surface area contributed by atoms with Crippen LogP contribution in [0, 0.1) is 0 Å². The summed E-state index contributed by atoms with van der Waals surface area (Å²) in [4.78, 5) is 5.30. The van der Waals surface area contributed by atoms with Gasteiger partial charge < -0.3 is 0 Å². The van der Waals surface area contributed by atoms with Crippen molar-refractivity contribution in [3.05, 3.63) is 28.5 Å². The standard InChI is InChI=1S/C11H14BrF3N2/c1-8(2)17(7-11(13,14)15)6-9-3-10(12)5-16-4-9/h3-5,8H,6-7H2,1-2H3. The lowest BCUT2D eigenvalue weighted by atomic mass is 10.2. The topological polar surface area (TPSA) is 16.1 Å². The second-order valence-corrected chi connectivity index (χ2v) is 5.04. The highest BCUT2D eigenvalue weighted by molar-refractivity contribution is 9.10. The molecule has 6 heteroatoms. The lowest BCUT2D eigenvalue weighted by Crippen LogP contribution is -2.38. The van der Waals surface area contributed by atoms with E-state index in [0.717, 1.165) is 10.0 Å². The molecular formula is C11H14BrF3N2. The fourth-order valence-electron chi connectivity index (χ4n) is 1.43. The first kappa shape index (κ1) is 14.4. The Hall–Kier alpha value is -0.620. The maximum atomic E-state index is 12.4. The molecule has 1 rings (SSSR count). The molecule has 1 heterocycles. The third-order valence-corrected chi connectivity index (χ3v) is 2.69. The minimum atomic E-state index is -4.18. The van der Waals surface area contributed by atoms with Crippen molar-refractivity contribution in [3.63, 3.8) is 0 Å². The highest BCUT2D eigenvalue weighted by Gasteiger charge is 2.31. The molecule has 17 heavy (non-hydrogen) atoms. The SMILES string of the molecule is CC(C)N(Cc1cncc(Br)c1)CC(F)(F)F. The lowest BCUT2D eigenvalue weighted by Gasteiger charge is -2.27. The minimum Gasteiger partial charge on any atom is -0.288 e. The first-order valence-electron chi connectivity index (χ1n) is 5.18. The number of hydrogen-bond donors (Lipinski definition) is 0. The third kappa shape index (κ3) is 5.50. The Bertz CT molecular complexity index is 366. The van der Waals surface area contributed by atoms with Gasteiger partial charge in [-0.15, -0.1) is 0 Å². The maximum Gasteiger partial charge on any atom is 0.401 e. The summed E-state index contributed by atoms with van der Waals surface area (Å²) >= 11 is 3.25. The molecule has 0 atom stereocenters. The van der Waals surface area contributed by atoms with E-state index in [-0.39, 0.29) is 12.6 Å². The summed E-state index contributed by atoms with van der Waals surface area (Å²) < 4.78 is 37.9. The number of nitrogens with zero attached hydrogens (tertiary/aromatic N) is 2. The van der Waals surface area contributed by atoms with Crippen LogP contribution in [-0.2, 0) is 6.54 Å². The Morgan fingerprint density at radius 1 is 1.35 bits per heavy atom. The maximum absolute atomic E-state index is 12.4. The van der Waals surface area contributed by atoms with Gasteiger partial charge in [-0.1, -0.05) is 0 Å². The van der Waals surface area contributed by atoms with Crippen LogP contribution in [0.15, 0.2) is 22.9 Å². The van der Waals surface area contributed by atoms with Crippen molar-refractivity contribution >= 4 is 15.9 Å². The molecule has 0 aromatic carbocycles. The number of rotatable bonds is 4. The van der Waals surface area contributed by atoms with E-state index in [4.69, 9.17) is 0 Å². The van der Waals surface area contributed by atoms with E-state index in [0.29, 0.717) is 0 Å². The van der Waals surface area contributed by atoms with Crippen molar-refractivity contribution in [1.82, 2.24) is 9.88 Å². The Morgan fingerprint density at radius 2 is 2.00 bits per heavy atom. The molecule has 1 aromatic heterocycles. The van der Waals surface area contributed by atoms with E-state index in [1.165, 1.54) is 4.90 Å². The van der Waals surface area contributed by atoms with Gasteiger partial charge in [-0.05, 0) is 41.4 Å². The Balaban J connectivity index is 2.74. The summed E-state index contributed by atoms with van der Waals surface area (Å²) in [5.41, 5.74) is 0.761. The van der Waals surface area contributed by atoms with Gasteiger partial charge in [0.2, 0.25) is 0 Å². The second-order valence-electron chi connectivity index (χ2n) is 4.13. The van der Waals surface area contributed by atoms with Crippen LogP contribution in [0.5, 0.6) is 0 Å². The van der Waals surface area contributed by atoms with Crippen molar-refractivity contribution in [1.29, 1.82) is 0 Å². The highest BCUT2D eigenvalue weighted by atomic mass is 79.9. The Labute approximate surface area is 107 Å². The number of aromatic nitrogens is 1. The first-order chi connectivity index (χ1) is 7.78. The van der Waals surface area contributed by atoms with Gasteiger partial charge in [0.25, 0.3) is 0 Å². The molecule has 0 saturated carbocycles. The van der Waals surface area contributed by atoms with Crippen LogP contribution in [-0.4, -0.2) is 28.6 Å². The van der Waals surface area contributed by atoms with Crippen molar-refractivity contribution in [2.45, 2.75) is 32.6 Å². The zero-order chi connectivity index (χ0) is 13.1. The van der Waals surface area contributed by atoms with E-state index in [1.54, 1.807) is 32.3 Å². The summed E-state index contributed by atoms with van der Waals surface area (Å²) in [5.74, 6) is 0. The van der Waals surface area contributed by atoms with Gasteiger partial charge >= 0.3 is 6.18 Å². The Morgan fingerprint density at radius 3 is 2.47 bits per heavy atom. The molecule has 0 unspecified atom stereocenters. The van der Waals surface area contributed by atoms with Crippen LogP contribution >= 0.6 is 15.9 Å². The monoisotopic (exact) mass is 310 g/mol. The molecule has 0 bridgehead atoms. The van der Waals surface area contributed by atoms with Gasteiger partial charge in [0, 0.05) is 29.5 Å². The van der Waals surface area contributed by atoms with Gasteiger partial charge in [-0.2, -0.15) is 13.2 Å². The Kier molecular flexibility index (Phi) is 4.94. The molecule has 96 valence electrons. The molecule has 0 N–H and O–H groups in total. The summed E-state index contributed by atoms with van der Waals surface area (Å²) in [7, 11) is 0. The predicted octanol–water partition coefficient (Wildman–Crippen LogP) is 3.62. The van der Waals surface area contributed by atoms with Gasteiger partial charge in [-0.3, -0.25) is 9.88 Å². The van der Waals surface area contributed by atoms with Crippen LogP contribution in [0.1, 0.15) is 19.4 Å². The van der Waals surface area contributed by atoms with E-state index in [1.807, 2.05) is 0 Å². The molecule has 0 aliphatic rings. The average Bonchev–Trinajstić information content (AvgIpc) is 2.14. The fourth-order valence-corrected chi connectivity index (χ4v) is 1.84. The summed E-state index contributed by atoms with van der Waals surface area (Å²) in [6.07, 6.45) is -0.993. The zero-order valence-corrected chi connectivity index (χ0v) is 11.2. The van der Waals surface area contributed by atoms with Crippen LogP contribution in [0.2, 0.25) is 0 Å². The highest BCUT2D eigenvalue weighted by Crippen LogP contribution is 2.20. The first-order valence-corrected chi connectivity index (χ1v) is 5.97. The van der Waals surface area contributed by atoms with E-state index in [2.05, 4.69) is 20.9 Å². The van der Waals surface area contributed by atoms with Gasteiger partial charge in [0.15, 0.2) is 0 Å². The van der Waals surface area contributed by atoms with Crippen LogP contribution in [0.4, 0.5) is 13.2 Å². The largest absolute Gasteiger partial charge is 0.401 e. The van der Waals surface area contributed by atoms with Gasteiger partial charge in [0.1, 0.15) is 0 Å². The fraction of sp³-hybridized carbons (Fsp3) is 0.545. The molecule has 0 spiro atoms. The molecule has 1 aromatic rings. The van der Waals surface area contributed by atoms with Gasteiger partial charge in [0.05, 0.1) is 6.54 Å². The number of hydrogen-bond acceptors (Lipinski definition) is 2. The molecule has 0 fully saturated rings. The van der Waals surface area contributed by atoms with Crippen molar-refractivity contribution in [3.8, 4) is 0 Å². The molecule has 0 amide bonds. The average molecular weight is 311 g/mol. The number of halogens is 4. The van der Waals surface area contributed by atoms with E-state index in [9.17, 15) is 13.2 Å². The number of pyridine rings is 1. The summed E-state index contributed by atoms with van der Waals surface area (Å²) in [6.45, 7) is 2.83.